The van der Waals surface area contributed by atoms with E-state index in [0.29, 0.717) is 65.8 Å². The standard InChI is InChI=1S/C21H22ClN9O2/c1-32-6-7-33-5-4-25-16-8-13(10-23)9-17(18(16)22)28-21-29-19(27-14-2-3-14)20-26-12-15(11-24)31(20)30-21/h8-9,12,14,25H,2-7H2,1H3,(H2,27,28,29,30). The largest absolute Gasteiger partial charge is 0.382 e. The van der Waals surface area contributed by atoms with Gasteiger partial charge in [0, 0.05) is 19.7 Å². The van der Waals surface area contributed by atoms with Crippen molar-refractivity contribution in [3.8, 4) is 12.1 Å². The van der Waals surface area contributed by atoms with Gasteiger partial charge in [-0.3, -0.25) is 0 Å². The molecule has 2 heterocycles. The number of hydrogen-bond donors (Lipinski definition) is 3. The highest BCUT2D eigenvalue weighted by Crippen LogP contribution is 2.34. The van der Waals surface area contributed by atoms with Crippen molar-refractivity contribution in [3.63, 3.8) is 0 Å². The van der Waals surface area contributed by atoms with E-state index in [1.807, 2.05) is 0 Å². The van der Waals surface area contributed by atoms with Crippen LogP contribution in [0.3, 0.4) is 0 Å². The molecule has 33 heavy (non-hydrogen) atoms. The average Bonchev–Trinajstić information content (AvgIpc) is 3.54. The van der Waals surface area contributed by atoms with Crippen LogP contribution in [-0.2, 0) is 9.47 Å². The highest BCUT2D eigenvalue weighted by Gasteiger charge is 2.24. The molecule has 0 spiro atoms. The number of halogens is 1. The Labute approximate surface area is 195 Å². The molecule has 3 aromatic rings. The Hall–Kier alpha value is -3.64. The number of methoxy groups -OCH3 is 1. The summed E-state index contributed by atoms with van der Waals surface area (Å²) in [5.41, 5.74) is 2.18. The third-order valence-corrected chi connectivity index (χ3v) is 5.24. The summed E-state index contributed by atoms with van der Waals surface area (Å²) < 4.78 is 11.8. The number of nitriles is 2. The molecular weight excluding hydrogens is 446 g/mol. The number of fused-ring (bicyclic) bond motifs is 1. The zero-order valence-electron chi connectivity index (χ0n) is 17.9. The normalized spacial score (nSPS) is 12.8. The van der Waals surface area contributed by atoms with Crippen LogP contribution in [0.2, 0.25) is 5.02 Å². The first kappa shape index (κ1) is 22.6. The van der Waals surface area contributed by atoms with E-state index in [4.69, 9.17) is 21.1 Å². The summed E-state index contributed by atoms with van der Waals surface area (Å²) >= 11 is 6.60. The molecule has 0 atom stereocenters. The minimum Gasteiger partial charge on any atom is -0.382 e. The predicted molar refractivity (Wildman–Crippen MR) is 123 cm³/mol. The summed E-state index contributed by atoms with van der Waals surface area (Å²) in [6, 6.07) is 7.81. The second-order valence-corrected chi connectivity index (χ2v) is 7.73. The van der Waals surface area contributed by atoms with Gasteiger partial charge in [0.25, 0.3) is 0 Å². The van der Waals surface area contributed by atoms with Crippen molar-refractivity contribution in [2.45, 2.75) is 18.9 Å². The van der Waals surface area contributed by atoms with Crippen LogP contribution in [-0.4, -0.2) is 59.1 Å². The van der Waals surface area contributed by atoms with Crippen molar-refractivity contribution in [3.05, 3.63) is 34.6 Å². The van der Waals surface area contributed by atoms with E-state index in [0.717, 1.165) is 12.8 Å². The van der Waals surface area contributed by atoms with Crippen molar-refractivity contribution in [2.24, 2.45) is 0 Å². The fraction of sp³-hybridized carbons (Fsp3) is 0.381. The summed E-state index contributed by atoms with van der Waals surface area (Å²) in [4.78, 5) is 8.80. The minimum atomic E-state index is 0.214. The van der Waals surface area contributed by atoms with Gasteiger partial charge in [-0.25, -0.2) is 4.98 Å². The maximum absolute atomic E-state index is 9.47. The molecule has 1 fully saturated rings. The molecule has 1 saturated carbocycles. The lowest BCUT2D eigenvalue weighted by atomic mass is 10.2. The third kappa shape index (κ3) is 5.41. The number of rotatable bonds is 11. The molecule has 11 nitrogen and oxygen atoms in total. The molecule has 0 unspecified atom stereocenters. The van der Waals surface area contributed by atoms with Gasteiger partial charge in [-0.15, -0.1) is 5.10 Å². The van der Waals surface area contributed by atoms with Crippen LogP contribution in [0.15, 0.2) is 18.3 Å². The Kier molecular flexibility index (Phi) is 7.05. The fourth-order valence-corrected chi connectivity index (χ4v) is 3.28. The summed E-state index contributed by atoms with van der Waals surface area (Å²) in [6.07, 6.45) is 3.54. The third-order valence-electron chi connectivity index (χ3n) is 4.84. The van der Waals surface area contributed by atoms with Crippen molar-refractivity contribution in [1.29, 1.82) is 10.5 Å². The molecule has 0 saturated heterocycles. The Bertz CT molecular complexity index is 1230. The summed E-state index contributed by atoms with van der Waals surface area (Å²) in [5, 5.41) is 33.2. The van der Waals surface area contributed by atoms with E-state index in [1.54, 1.807) is 19.2 Å². The van der Waals surface area contributed by atoms with E-state index < -0.39 is 0 Å². The number of nitrogens with zero attached hydrogens (tertiary/aromatic N) is 6. The quantitative estimate of drug-likeness (QED) is 0.360. The maximum Gasteiger partial charge on any atom is 0.247 e. The van der Waals surface area contributed by atoms with Gasteiger partial charge in [-0.05, 0) is 25.0 Å². The highest BCUT2D eigenvalue weighted by atomic mass is 35.5. The van der Waals surface area contributed by atoms with Gasteiger partial charge in [0.2, 0.25) is 5.95 Å². The van der Waals surface area contributed by atoms with Gasteiger partial charge in [-0.2, -0.15) is 20.0 Å². The lowest BCUT2D eigenvalue weighted by Gasteiger charge is -2.15. The van der Waals surface area contributed by atoms with E-state index >= 15 is 0 Å². The molecule has 0 radical (unpaired) electrons. The Morgan fingerprint density at radius 3 is 2.73 bits per heavy atom. The average molecular weight is 468 g/mol. The van der Waals surface area contributed by atoms with Crippen LogP contribution in [0, 0.1) is 22.7 Å². The van der Waals surface area contributed by atoms with Crippen molar-refractivity contribution in [2.75, 3.05) is 49.4 Å². The number of benzene rings is 1. The molecule has 0 aliphatic heterocycles. The maximum atomic E-state index is 9.47. The summed E-state index contributed by atoms with van der Waals surface area (Å²) in [7, 11) is 1.61. The lowest BCUT2D eigenvalue weighted by Crippen LogP contribution is -2.13. The fourth-order valence-electron chi connectivity index (χ4n) is 3.06. The SMILES string of the molecule is COCCOCCNc1cc(C#N)cc(Nc2nc(NC3CC3)c3ncc(C#N)n3n2)c1Cl. The molecule has 2 aromatic heterocycles. The number of hydrogen-bond acceptors (Lipinski definition) is 10. The van der Waals surface area contributed by atoms with Crippen LogP contribution < -0.4 is 16.0 Å². The summed E-state index contributed by atoms with van der Waals surface area (Å²) in [5.74, 6) is 0.738. The number of ether oxygens (including phenoxy) is 2. The molecule has 1 aliphatic carbocycles. The Morgan fingerprint density at radius 2 is 2.00 bits per heavy atom. The number of nitrogens with one attached hydrogen (secondary N) is 3. The van der Waals surface area contributed by atoms with E-state index in [-0.39, 0.29) is 11.6 Å². The Balaban J connectivity index is 1.59. The Morgan fingerprint density at radius 1 is 1.18 bits per heavy atom. The summed E-state index contributed by atoms with van der Waals surface area (Å²) in [6.45, 7) is 1.96. The second-order valence-electron chi connectivity index (χ2n) is 7.35. The molecule has 170 valence electrons. The van der Waals surface area contributed by atoms with Crippen LogP contribution in [0.4, 0.5) is 23.1 Å². The van der Waals surface area contributed by atoms with E-state index in [2.05, 4.69) is 43.2 Å². The molecule has 12 heteroatoms. The first-order chi connectivity index (χ1) is 16.1. The van der Waals surface area contributed by atoms with Gasteiger partial charge in [-0.1, -0.05) is 11.6 Å². The molecule has 1 aromatic carbocycles. The van der Waals surface area contributed by atoms with Crippen molar-refractivity contribution in [1.82, 2.24) is 19.6 Å². The topological polar surface area (TPSA) is 145 Å². The highest BCUT2D eigenvalue weighted by molar-refractivity contribution is 6.36. The smallest absolute Gasteiger partial charge is 0.247 e. The monoisotopic (exact) mass is 467 g/mol. The molecule has 4 rings (SSSR count). The van der Waals surface area contributed by atoms with Crippen molar-refractivity contribution < 1.29 is 9.47 Å². The van der Waals surface area contributed by atoms with Gasteiger partial charge in [0.1, 0.15) is 6.07 Å². The number of anilines is 4. The van der Waals surface area contributed by atoms with Crippen LogP contribution in [0.25, 0.3) is 5.65 Å². The molecule has 1 aliphatic rings. The number of imidazole rings is 1. The lowest BCUT2D eigenvalue weighted by molar-refractivity contribution is 0.0759. The van der Waals surface area contributed by atoms with Gasteiger partial charge in [0.15, 0.2) is 17.2 Å². The molecule has 0 amide bonds. The van der Waals surface area contributed by atoms with Crippen molar-refractivity contribution >= 4 is 40.4 Å². The van der Waals surface area contributed by atoms with Gasteiger partial charge in [0.05, 0.1) is 54.0 Å². The molecule has 3 N–H and O–H groups in total. The minimum absolute atomic E-state index is 0.214. The molecular formula is C21H22ClN9O2. The first-order valence-electron chi connectivity index (χ1n) is 10.4. The van der Waals surface area contributed by atoms with Crippen LogP contribution in [0.1, 0.15) is 24.1 Å². The molecule has 0 bridgehead atoms. The first-order valence-corrected chi connectivity index (χ1v) is 10.7. The van der Waals surface area contributed by atoms with Crippen LogP contribution in [0.5, 0.6) is 0 Å². The zero-order chi connectivity index (χ0) is 23.2. The van der Waals surface area contributed by atoms with E-state index in [9.17, 15) is 10.5 Å². The zero-order valence-corrected chi connectivity index (χ0v) is 18.7. The van der Waals surface area contributed by atoms with Crippen LogP contribution >= 0.6 is 11.6 Å². The van der Waals surface area contributed by atoms with Gasteiger partial charge < -0.3 is 25.4 Å². The predicted octanol–water partition coefficient (Wildman–Crippen LogP) is 2.91. The van der Waals surface area contributed by atoms with E-state index in [1.165, 1.54) is 10.7 Å². The van der Waals surface area contributed by atoms with Gasteiger partial charge >= 0.3 is 0 Å². The number of aromatic nitrogens is 4. The second kappa shape index (κ2) is 10.3.